The van der Waals surface area contributed by atoms with E-state index in [1.165, 1.54) is 7.11 Å². The van der Waals surface area contributed by atoms with Gasteiger partial charge in [0.1, 0.15) is 11.5 Å². The number of esters is 1. The quantitative estimate of drug-likeness (QED) is 0.813. The fraction of sp³-hybridized carbons (Fsp3) is 0.250. The van der Waals surface area contributed by atoms with Crippen molar-refractivity contribution in [3.05, 3.63) is 59.5 Å². The van der Waals surface area contributed by atoms with Crippen LogP contribution in [0.1, 0.15) is 23.2 Å². The molecule has 0 fully saturated rings. The summed E-state index contributed by atoms with van der Waals surface area (Å²) in [5.74, 6) is 1.30. The number of aryl methyl sites for hydroxylation is 1. The Labute approximate surface area is 122 Å². The summed E-state index contributed by atoms with van der Waals surface area (Å²) in [7, 11) is 1.34. The van der Waals surface area contributed by atoms with Gasteiger partial charge in [0.05, 0.1) is 7.11 Å². The maximum absolute atomic E-state index is 11.9. The van der Waals surface area contributed by atoms with Crippen LogP contribution in [0.5, 0.6) is 0 Å². The van der Waals surface area contributed by atoms with Crippen molar-refractivity contribution in [1.29, 1.82) is 0 Å². The summed E-state index contributed by atoms with van der Waals surface area (Å²) in [6.07, 6.45) is -0.596. The molecule has 0 aliphatic carbocycles. The summed E-state index contributed by atoms with van der Waals surface area (Å²) in [5, 5.41) is 0. The molecule has 0 saturated carbocycles. The van der Waals surface area contributed by atoms with E-state index >= 15 is 0 Å². The van der Waals surface area contributed by atoms with Gasteiger partial charge in [-0.1, -0.05) is 18.2 Å². The van der Waals surface area contributed by atoms with E-state index in [1.54, 1.807) is 6.07 Å². The molecule has 2 heterocycles. The van der Waals surface area contributed by atoms with E-state index in [9.17, 15) is 4.79 Å². The van der Waals surface area contributed by atoms with Crippen molar-refractivity contribution in [3.63, 3.8) is 0 Å². The number of ether oxygens (including phenoxy) is 2. The molecule has 0 amide bonds. The van der Waals surface area contributed by atoms with Crippen LogP contribution in [0.4, 0.5) is 0 Å². The molecule has 1 aromatic heterocycles. The number of methoxy groups -OCH3 is 1. The van der Waals surface area contributed by atoms with E-state index in [4.69, 9.17) is 13.9 Å². The number of aliphatic imine (C=N–C) groups is 1. The average molecular weight is 285 g/mol. The Morgan fingerprint density at radius 3 is 2.57 bits per heavy atom. The van der Waals surface area contributed by atoms with Crippen LogP contribution in [0.15, 0.2) is 51.9 Å². The molecule has 0 saturated heterocycles. The monoisotopic (exact) mass is 285 g/mol. The van der Waals surface area contributed by atoms with Gasteiger partial charge in [0, 0.05) is 5.56 Å². The molecule has 5 nitrogen and oxygen atoms in total. The van der Waals surface area contributed by atoms with E-state index in [0.29, 0.717) is 11.7 Å². The van der Waals surface area contributed by atoms with Gasteiger partial charge in [0.2, 0.25) is 5.90 Å². The molecule has 1 aliphatic heterocycles. The smallest absolute Gasteiger partial charge is 0.335 e. The predicted molar refractivity (Wildman–Crippen MR) is 76.1 cm³/mol. The Balaban J connectivity index is 1.94. The summed E-state index contributed by atoms with van der Waals surface area (Å²) in [6, 6.07) is 12.3. The number of carbonyl (C=O) groups is 1. The van der Waals surface area contributed by atoms with Crippen LogP contribution in [-0.4, -0.2) is 25.0 Å². The second-order valence-electron chi connectivity index (χ2n) is 4.76. The first-order chi connectivity index (χ1) is 10.2. The fourth-order valence-electron chi connectivity index (χ4n) is 2.25. The van der Waals surface area contributed by atoms with Crippen LogP contribution in [0.3, 0.4) is 0 Å². The molecule has 2 aromatic rings. The van der Waals surface area contributed by atoms with Crippen molar-refractivity contribution in [2.24, 2.45) is 4.99 Å². The number of carbonyl (C=O) groups excluding carboxylic acids is 1. The SMILES string of the molecule is COC(=O)C1N=C(c2ccccc2)OC1c1ccc(C)o1. The van der Waals surface area contributed by atoms with Crippen molar-refractivity contribution < 1.29 is 18.7 Å². The molecule has 5 heteroatoms. The molecular formula is C16H15NO4. The Hall–Kier alpha value is -2.56. The minimum Gasteiger partial charge on any atom is -0.467 e. The molecule has 0 radical (unpaired) electrons. The van der Waals surface area contributed by atoms with E-state index in [0.717, 1.165) is 11.3 Å². The van der Waals surface area contributed by atoms with Crippen LogP contribution in [0.25, 0.3) is 0 Å². The van der Waals surface area contributed by atoms with Crippen LogP contribution in [0.2, 0.25) is 0 Å². The first-order valence-corrected chi connectivity index (χ1v) is 6.63. The van der Waals surface area contributed by atoms with Crippen molar-refractivity contribution >= 4 is 11.9 Å². The number of hydrogen-bond acceptors (Lipinski definition) is 5. The molecule has 1 aromatic carbocycles. The number of nitrogens with zero attached hydrogens (tertiary/aromatic N) is 1. The lowest BCUT2D eigenvalue weighted by Crippen LogP contribution is -2.25. The lowest BCUT2D eigenvalue weighted by Gasteiger charge is -2.13. The van der Waals surface area contributed by atoms with Crippen molar-refractivity contribution in [1.82, 2.24) is 0 Å². The second-order valence-corrected chi connectivity index (χ2v) is 4.76. The highest BCUT2D eigenvalue weighted by Gasteiger charge is 2.40. The van der Waals surface area contributed by atoms with Crippen LogP contribution in [0, 0.1) is 6.92 Å². The summed E-state index contributed by atoms with van der Waals surface area (Å²) in [6.45, 7) is 1.84. The summed E-state index contributed by atoms with van der Waals surface area (Å²) < 4.78 is 16.2. The van der Waals surface area contributed by atoms with Crippen molar-refractivity contribution in [2.45, 2.75) is 19.1 Å². The molecular weight excluding hydrogens is 270 g/mol. The molecule has 0 N–H and O–H groups in total. The lowest BCUT2D eigenvalue weighted by atomic mass is 10.1. The average Bonchev–Trinajstić information content (AvgIpc) is 3.13. The number of hydrogen-bond donors (Lipinski definition) is 0. The zero-order valence-corrected chi connectivity index (χ0v) is 11.8. The molecule has 21 heavy (non-hydrogen) atoms. The van der Waals surface area contributed by atoms with Gasteiger partial charge in [-0.2, -0.15) is 0 Å². The highest BCUT2D eigenvalue weighted by molar-refractivity contribution is 5.98. The first kappa shape index (κ1) is 13.4. The normalized spacial score (nSPS) is 20.8. The Morgan fingerprint density at radius 1 is 1.19 bits per heavy atom. The van der Waals surface area contributed by atoms with Gasteiger partial charge in [-0.3, -0.25) is 0 Å². The molecule has 3 rings (SSSR count). The topological polar surface area (TPSA) is 61.0 Å². The van der Waals surface area contributed by atoms with E-state index in [1.807, 2.05) is 43.3 Å². The molecule has 0 bridgehead atoms. The minimum absolute atomic E-state index is 0.421. The molecule has 1 aliphatic rings. The third kappa shape index (κ3) is 2.54. The van der Waals surface area contributed by atoms with E-state index < -0.39 is 18.1 Å². The predicted octanol–water partition coefficient (Wildman–Crippen LogP) is 2.65. The van der Waals surface area contributed by atoms with Gasteiger partial charge in [-0.05, 0) is 31.2 Å². The highest BCUT2D eigenvalue weighted by atomic mass is 16.5. The van der Waals surface area contributed by atoms with Gasteiger partial charge >= 0.3 is 5.97 Å². The van der Waals surface area contributed by atoms with E-state index in [2.05, 4.69) is 4.99 Å². The third-order valence-corrected chi connectivity index (χ3v) is 3.29. The van der Waals surface area contributed by atoms with Crippen molar-refractivity contribution in [3.8, 4) is 0 Å². The summed E-state index contributed by atoms with van der Waals surface area (Å²) in [4.78, 5) is 16.3. The summed E-state index contributed by atoms with van der Waals surface area (Å²) in [5.41, 5.74) is 0.817. The van der Waals surface area contributed by atoms with Crippen LogP contribution < -0.4 is 0 Å². The maximum Gasteiger partial charge on any atom is 0.335 e. The minimum atomic E-state index is -0.754. The van der Waals surface area contributed by atoms with Gasteiger partial charge in [0.25, 0.3) is 0 Å². The number of furan rings is 1. The Bertz CT molecular complexity index is 675. The molecule has 0 spiro atoms. The van der Waals surface area contributed by atoms with E-state index in [-0.39, 0.29) is 0 Å². The first-order valence-electron chi connectivity index (χ1n) is 6.63. The van der Waals surface area contributed by atoms with Gasteiger partial charge in [-0.25, -0.2) is 9.79 Å². The van der Waals surface area contributed by atoms with Crippen LogP contribution >= 0.6 is 0 Å². The second kappa shape index (κ2) is 5.44. The highest BCUT2D eigenvalue weighted by Crippen LogP contribution is 2.32. The van der Waals surface area contributed by atoms with Gasteiger partial charge in [0.15, 0.2) is 12.1 Å². The molecule has 108 valence electrons. The zero-order chi connectivity index (χ0) is 14.8. The zero-order valence-electron chi connectivity index (χ0n) is 11.8. The Morgan fingerprint density at radius 2 is 1.95 bits per heavy atom. The third-order valence-electron chi connectivity index (χ3n) is 3.29. The number of rotatable bonds is 3. The standard InChI is InChI=1S/C16H15NO4/c1-10-8-9-12(20-10)14-13(16(18)19-2)17-15(21-14)11-6-4-3-5-7-11/h3-9,13-14H,1-2H3. The van der Waals surface area contributed by atoms with Gasteiger partial charge in [-0.15, -0.1) is 0 Å². The Kier molecular flexibility index (Phi) is 3.48. The van der Waals surface area contributed by atoms with Crippen LogP contribution in [-0.2, 0) is 14.3 Å². The van der Waals surface area contributed by atoms with Gasteiger partial charge < -0.3 is 13.9 Å². The van der Waals surface area contributed by atoms with Crippen molar-refractivity contribution in [2.75, 3.05) is 7.11 Å². The maximum atomic E-state index is 11.9. The number of benzene rings is 1. The largest absolute Gasteiger partial charge is 0.467 e. The lowest BCUT2D eigenvalue weighted by molar-refractivity contribution is -0.144. The fourth-order valence-corrected chi connectivity index (χ4v) is 2.25. The summed E-state index contributed by atoms with van der Waals surface area (Å²) >= 11 is 0. The molecule has 2 unspecified atom stereocenters. The molecule has 2 atom stereocenters.